The number of nitrogens with one attached hydrogen (secondary N) is 1. The lowest BCUT2D eigenvalue weighted by molar-refractivity contribution is 0.0937. The molecule has 0 saturated carbocycles. The van der Waals surface area contributed by atoms with E-state index in [1.165, 1.54) is 17.5 Å². The van der Waals surface area contributed by atoms with Gasteiger partial charge in [0.15, 0.2) is 0 Å². The molecule has 0 aliphatic carbocycles. The predicted molar refractivity (Wildman–Crippen MR) is 102 cm³/mol. The van der Waals surface area contributed by atoms with E-state index in [-0.39, 0.29) is 22.6 Å². The van der Waals surface area contributed by atoms with E-state index in [0.717, 1.165) is 38.5 Å². The van der Waals surface area contributed by atoms with Gasteiger partial charge in [0, 0.05) is 24.7 Å². The Labute approximate surface area is 157 Å². The van der Waals surface area contributed by atoms with Gasteiger partial charge in [-0.25, -0.2) is 8.42 Å². The van der Waals surface area contributed by atoms with Crippen LogP contribution in [0.25, 0.3) is 0 Å². The predicted octanol–water partition coefficient (Wildman–Crippen LogP) is 3.18. The Morgan fingerprint density at radius 2 is 1.96 bits per heavy atom. The van der Waals surface area contributed by atoms with Crippen LogP contribution in [0.3, 0.4) is 0 Å². The van der Waals surface area contributed by atoms with Crippen molar-refractivity contribution in [3.8, 4) is 5.75 Å². The Bertz CT molecular complexity index is 712. The van der Waals surface area contributed by atoms with E-state index in [9.17, 15) is 13.2 Å². The lowest BCUT2D eigenvalue weighted by atomic mass is 10.1. The summed E-state index contributed by atoms with van der Waals surface area (Å²) in [6, 6.07) is 4.64. The fourth-order valence-corrected chi connectivity index (χ4v) is 4.87. The van der Waals surface area contributed by atoms with Crippen LogP contribution in [-0.2, 0) is 10.0 Å². The molecule has 0 spiro atoms. The zero-order chi connectivity index (χ0) is 19.2. The summed E-state index contributed by atoms with van der Waals surface area (Å²) in [5, 5.41) is 2.95. The molecule has 0 radical (unpaired) electrons. The summed E-state index contributed by atoms with van der Waals surface area (Å²) in [5.74, 6) is 0.0129. The number of nitrogens with zero attached hydrogens (tertiary/aromatic N) is 1. The van der Waals surface area contributed by atoms with Crippen LogP contribution in [0.4, 0.5) is 0 Å². The third-order valence-electron chi connectivity index (χ3n) is 4.73. The minimum absolute atomic E-state index is 0.0507. The molecule has 1 aliphatic rings. The van der Waals surface area contributed by atoms with E-state index in [1.807, 2.05) is 6.92 Å². The molecule has 2 rings (SSSR count). The SMILES string of the molecule is CCCCCC(C)NC(=O)c1ccc(OC)c(S(=O)(=O)N2CCCC2)c1. The number of rotatable bonds is 9. The van der Waals surface area contributed by atoms with Gasteiger partial charge in [0.05, 0.1) is 7.11 Å². The van der Waals surface area contributed by atoms with Crippen LogP contribution in [0, 0.1) is 0 Å². The van der Waals surface area contributed by atoms with Crippen LogP contribution in [0.1, 0.15) is 62.7 Å². The topological polar surface area (TPSA) is 75.7 Å². The number of carbonyl (C=O) groups is 1. The Morgan fingerprint density at radius 3 is 2.58 bits per heavy atom. The summed E-state index contributed by atoms with van der Waals surface area (Å²) in [4.78, 5) is 12.6. The standard InChI is InChI=1S/C19H30N2O4S/c1-4-5-6-9-15(2)20-19(22)16-10-11-17(25-3)18(14-16)26(23,24)21-12-7-8-13-21/h10-11,14-15H,4-9,12-13H2,1-3H3,(H,20,22). The maximum atomic E-state index is 12.9. The third-order valence-corrected chi connectivity index (χ3v) is 6.65. The number of hydrogen-bond donors (Lipinski definition) is 1. The van der Waals surface area contributed by atoms with Crippen molar-refractivity contribution in [2.45, 2.75) is 63.3 Å². The van der Waals surface area contributed by atoms with Crippen molar-refractivity contribution in [2.24, 2.45) is 0 Å². The van der Waals surface area contributed by atoms with Gasteiger partial charge < -0.3 is 10.1 Å². The van der Waals surface area contributed by atoms with Crippen molar-refractivity contribution >= 4 is 15.9 Å². The molecule has 146 valence electrons. The highest BCUT2D eigenvalue weighted by Crippen LogP contribution is 2.29. The fourth-order valence-electron chi connectivity index (χ4n) is 3.17. The highest BCUT2D eigenvalue weighted by Gasteiger charge is 2.30. The zero-order valence-corrected chi connectivity index (χ0v) is 16.8. The van der Waals surface area contributed by atoms with Crippen LogP contribution in [0.5, 0.6) is 5.75 Å². The second kappa shape index (κ2) is 9.37. The molecule has 1 saturated heterocycles. The Morgan fingerprint density at radius 1 is 1.27 bits per heavy atom. The first-order valence-corrected chi connectivity index (χ1v) is 10.8. The summed E-state index contributed by atoms with van der Waals surface area (Å²) < 4.78 is 32.5. The molecule has 6 nitrogen and oxygen atoms in total. The molecule has 1 aromatic carbocycles. The van der Waals surface area contributed by atoms with Crippen LogP contribution < -0.4 is 10.1 Å². The first-order chi connectivity index (χ1) is 12.4. The van der Waals surface area contributed by atoms with Crippen LogP contribution in [0.2, 0.25) is 0 Å². The number of benzene rings is 1. The van der Waals surface area contributed by atoms with Gasteiger partial charge in [-0.2, -0.15) is 4.31 Å². The quantitative estimate of drug-likeness (QED) is 0.666. The molecular formula is C19H30N2O4S. The van der Waals surface area contributed by atoms with Gasteiger partial charge in [-0.15, -0.1) is 0 Å². The molecular weight excluding hydrogens is 352 g/mol. The second-order valence-electron chi connectivity index (χ2n) is 6.85. The average Bonchev–Trinajstić information content (AvgIpc) is 3.16. The van der Waals surface area contributed by atoms with Gasteiger partial charge in [0.2, 0.25) is 10.0 Å². The highest BCUT2D eigenvalue weighted by atomic mass is 32.2. The average molecular weight is 383 g/mol. The summed E-state index contributed by atoms with van der Waals surface area (Å²) >= 11 is 0. The van der Waals surface area contributed by atoms with Crippen molar-refractivity contribution in [1.82, 2.24) is 9.62 Å². The summed E-state index contributed by atoms with van der Waals surface area (Å²) in [6.07, 6.45) is 5.97. The molecule has 0 aromatic heterocycles. The van der Waals surface area contributed by atoms with Crippen LogP contribution >= 0.6 is 0 Å². The molecule has 1 heterocycles. The van der Waals surface area contributed by atoms with Crippen LogP contribution in [-0.4, -0.2) is 44.9 Å². The summed E-state index contributed by atoms with van der Waals surface area (Å²) in [7, 11) is -2.22. The number of unbranched alkanes of at least 4 members (excludes halogenated alkanes) is 2. The largest absolute Gasteiger partial charge is 0.495 e. The van der Waals surface area contributed by atoms with Crippen molar-refractivity contribution in [1.29, 1.82) is 0 Å². The van der Waals surface area contributed by atoms with E-state index >= 15 is 0 Å². The lowest BCUT2D eigenvalue weighted by Gasteiger charge is -2.19. The first-order valence-electron chi connectivity index (χ1n) is 9.39. The monoisotopic (exact) mass is 382 g/mol. The molecule has 1 N–H and O–H groups in total. The minimum Gasteiger partial charge on any atom is -0.495 e. The molecule has 1 atom stereocenters. The zero-order valence-electron chi connectivity index (χ0n) is 16.0. The number of ether oxygens (including phenoxy) is 1. The Balaban J connectivity index is 2.19. The molecule has 1 amide bonds. The van der Waals surface area contributed by atoms with E-state index < -0.39 is 10.0 Å². The number of amides is 1. The van der Waals surface area contributed by atoms with Gasteiger partial charge >= 0.3 is 0 Å². The highest BCUT2D eigenvalue weighted by molar-refractivity contribution is 7.89. The number of sulfonamides is 1. The summed E-state index contributed by atoms with van der Waals surface area (Å²) in [6.45, 7) is 5.13. The Kier molecular flexibility index (Phi) is 7.46. The van der Waals surface area contributed by atoms with Crippen LogP contribution in [0.15, 0.2) is 23.1 Å². The molecule has 26 heavy (non-hydrogen) atoms. The van der Waals surface area contributed by atoms with Gasteiger partial charge in [-0.3, -0.25) is 4.79 Å². The van der Waals surface area contributed by atoms with Gasteiger partial charge in [-0.1, -0.05) is 26.2 Å². The maximum absolute atomic E-state index is 12.9. The molecule has 1 fully saturated rings. The van der Waals surface area contributed by atoms with Crippen molar-refractivity contribution in [3.05, 3.63) is 23.8 Å². The van der Waals surface area contributed by atoms with E-state index in [2.05, 4.69) is 12.2 Å². The smallest absolute Gasteiger partial charge is 0.251 e. The second-order valence-corrected chi connectivity index (χ2v) is 8.75. The number of carbonyl (C=O) groups excluding carboxylic acids is 1. The molecule has 1 unspecified atom stereocenters. The number of methoxy groups -OCH3 is 1. The van der Waals surface area contributed by atoms with Gasteiger partial charge in [-0.05, 0) is 44.4 Å². The molecule has 0 bridgehead atoms. The third kappa shape index (κ3) is 4.98. The van der Waals surface area contributed by atoms with Crippen molar-refractivity contribution < 1.29 is 17.9 Å². The van der Waals surface area contributed by atoms with E-state index in [4.69, 9.17) is 4.74 Å². The molecule has 1 aromatic rings. The van der Waals surface area contributed by atoms with E-state index in [0.29, 0.717) is 18.7 Å². The minimum atomic E-state index is -3.66. The van der Waals surface area contributed by atoms with Gasteiger partial charge in [0.1, 0.15) is 10.6 Å². The normalized spacial score (nSPS) is 16.4. The maximum Gasteiger partial charge on any atom is 0.251 e. The Hall–Kier alpha value is -1.60. The molecule has 1 aliphatic heterocycles. The van der Waals surface area contributed by atoms with Crippen molar-refractivity contribution in [3.63, 3.8) is 0 Å². The first kappa shape index (κ1) is 20.7. The number of hydrogen-bond acceptors (Lipinski definition) is 4. The molecule has 7 heteroatoms. The lowest BCUT2D eigenvalue weighted by Crippen LogP contribution is -2.33. The van der Waals surface area contributed by atoms with Crippen molar-refractivity contribution in [2.75, 3.05) is 20.2 Å². The van der Waals surface area contributed by atoms with E-state index in [1.54, 1.807) is 12.1 Å². The fraction of sp³-hybridized carbons (Fsp3) is 0.632. The summed E-state index contributed by atoms with van der Waals surface area (Å²) in [5.41, 5.74) is 0.339. The van der Waals surface area contributed by atoms with Gasteiger partial charge in [0.25, 0.3) is 5.91 Å².